The number of hydrogen-bond donors (Lipinski definition) is 3. The molecular formula is C24H32N5+3. The first-order chi connectivity index (χ1) is 14.1. The van der Waals surface area contributed by atoms with Crippen molar-refractivity contribution in [2.45, 2.75) is 19.8 Å². The lowest BCUT2D eigenvalue weighted by atomic mass is 9.74. The van der Waals surface area contributed by atoms with Crippen LogP contribution in [0, 0.1) is 5.41 Å². The summed E-state index contributed by atoms with van der Waals surface area (Å²) in [6, 6.07) is 19.4. The number of nitrogens with zero attached hydrogens (tertiary/aromatic N) is 2. The molecule has 0 spiro atoms. The predicted octanol–water partition coefficient (Wildman–Crippen LogP) is -0.812. The summed E-state index contributed by atoms with van der Waals surface area (Å²) in [5, 5.41) is 9.47. The van der Waals surface area contributed by atoms with E-state index in [1.807, 2.05) is 6.21 Å². The Hall–Kier alpha value is -2.34. The molecule has 0 aliphatic carbocycles. The van der Waals surface area contributed by atoms with Gasteiger partial charge in [-0.05, 0) is 22.6 Å². The van der Waals surface area contributed by atoms with E-state index in [1.165, 1.54) is 56.5 Å². The third-order valence-electron chi connectivity index (χ3n) is 6.78. The van der Waals surface area contributed by atoms with Crippen LogP contribution in [0.4, 0.5) is 0 Å². The molecule has 5 nitrogen and oxygen atoms in total. The highest BCUT2D eigenvalue weighted by Gasteiger charge is 2.60. The topological polar surface area (TPSA) is 38.0 Å². The molecular weight excluding hydrogens is 358 g/mol. The summed E-state index contributed by atoms with van der Waals surface area (Å²) in [7, 11) is 0. The Morgan fingerprint density at radius 3 is 2.00 bits per heavy atom. The quantitative estimate of drug-likeness (QED) is 0.441. The Labute approximate surface area is 173 Å². The van der Waals surface area contributed by atoms with Crippen LogP contribution in [-0.4, -0.2) is 51.6 Å². The fourth-order valence-electron chi connectivity index (χ4n) is 5.68. The molecule has 0 saturated carbocycles. The second-order valence-electron chi connectivity index (χ2n) is 9.47. The van der Waals surface area contributed by atoms with E-state index in [9.17, 15) is 0 Å². The fourth-order valence-corrected chi connectivity index (χ4v) is 5.68. The molecule has 2 aromatic rings. The molecule has 0 radical (unpaired) electrons. The summed E-state index contributed by atoms with van der Waals surface area (Å²) >= 11 is 0. The zero-order valence-electron chi connectivity index (χ0n) is 17.5. The van der Waals surface area contributed by atoms with Crippen molar-refractivity contribution >= 4 is 11.9 Å². The van der Waals surface area contributed by atoms with Crippen molar-refractivity contribution in [1.82, 2.24) is 0 Å². The van der Waals surface area contributed by atoms with Gasteiger partial charge in [0.2, 0.25) is 20.0 Å². The molecule has 0 atom stereocenters. The molecule has 4 fully saturated rings. The molecule has 150 valence electrons. The normalized spacial score (nSPS) is 31.1. The van der Waals surface area contributed by atoms with Gasteiger partial charge in [0, 0.05) is 0 Å². The smallest absolute Gasteiger partial charge is 0.213 e. The molecule has 0 aromatic heterocycles. The molecule has 29 heavy (non-hydrogen) atoms. The highest BCUT2D eigenvalue weighted by Crippen LogP contribution is 2.23. The van der Waals surface area contributed by atoms with Crippen molar-refractivity contribution in [2.24, 2.45) is 15.6 Å². The van der Waals surface area contributed by atoms with Gasteiger partial charge < -0.3 is 0 Å². The molecule has 6 rings (SSSR count). The second kappa shape index (κ2) is 7.48. The lowest BCUT2D eigenvalue weighted by molar-refractivity contribution is -1.30. The standard InChI is InChI=1S/C24H29N5/c1-19(2)21-10-8-20(9-11-21)12-25-26-23(22-6-4-3-5-7-22)24-13-27-16-28(14-24)18-29(15-24)17-27/h3-12,19H,13-18H2,1-2H3/p+3/b25-12-,26-23+. The molecule has 3 N–H and O–H groups in total. The van der Waals surface area contributed by atoms with Crippen LogP contribution >= 0.6 is 0 Å². The minimum atomic E-state index is 0.134. The average molecular weight is 391 g/mol. The van der Waals surface area contributed by atoms with Gasteiger partial charge in [-0.2, -0.15) is 10.2 Å². The van der Waals surface area contributed by atoms with E-state index in [-0.39, 0.29) is 5.41 Å². The van der Waals surface area contributed by atoms with Gasteiger partial charge in [0.15, 0.2) is 5.41 Å². The minimum absolute atomic E-state index is 0.134. The first-order valence-electron chi connectivity index (χ1n) is 10.9. The SMILES string of the molecule is CC(C)c1ccc(/C=N\N=C(/c2ccccc2)C23C[NH+]4C[NH+](C[NH+](C4)C2)C3)cc1. The lowest BCUT2D eigenvalue weighted by Crippen LogP contribution is -3.56. The maximum Gasteiger partial charge on any atom is 0.213 e. The summed E-state index contributed by atoms with van der Waals surface area (Å²) in [4.78, 5) is 5.15. The zero-order valence-corrected chi connectivity index (χ0v) is 17.5. The Kier molecular flexibility index (Phi) is 4.82. The van der Waals surface area contributed by atoms with Gasteiger partial charge in [-0.1, -0.05) is 68.4 Å². The van der Waals surface area contributed by atoms with Gasteiger partial charge in [-0.25, -0.2) is 14.7 Å². The van der Waals surface area contributed by atoms with E-state index in [2.05, 4.69) is 73.5 Å². The van der Waals surface area contributed by atoms with Crippen molar-refractivity contribution in [3.63, 3.8) is 0 Å². The van der Waals surface area contributed by atoms with Crippen molar-refractivity contribution < 1.29 is 14.7 Å². The van der Waals surface area contributed by atoms with Crippen LogP contribution in [0.5, 0.6) is 0 Å². The van der Waals surface area contributed by atoms with E-state index >= 15 is 0 Å². The molecule has 4 saturated heterocycles. The maximum atomic E-state index is 4.88. The predicted molar refractivity (Wildman–Crippen MR) is 116 cm³/mol. The first-order valence-corrected chi connectivity index (χ1v) is 10.9. The summed E-state index contributed by atoms with van der Waals surface area (Å²) in [6.07, 6.45) is 1.90. The van der Waals surface area contributed by atoms with Gasteiger partial charge in [0.05, 0.1) is 11.9 Å². The van der Waals surface area contributed by atoms with Gasteiger partial charge in [-0.3, -0.25) is 0 Å². The molecule has 2 aromatic carbocycles. The van der Waals surface area contributed by atoms with Crippen LogP contribution in [0.1, 0.15) is 36.5 Å². The average Bonchev–Trinajstić information content (AvgIpc) is 2.71. The summed E-state index contributed by atoms with van der Waals surface area (Å²) in [5.41, 5.74) is 5.00. The molecule has 5 heteroatoms. The van der Waals surface area contributed by atoms with E-state index in [4.69, 9.17) is 5.10 Å². The highest BCUT2D eigenvalue weighted by atomic mass is 15.5. The van der Waals surface area contributed by atoms with Gasteiger partial charge in [0.25, 0.3) is 0 Å². The van der Waals surface area contributed by atoms with Crippen molar-refractivity contribution in [3.05, 3.63) is 71.3 Å². The van der Waals surface area contributed by atoms with Crippen LogP contribution in [0.15, 0.2) is 64.8 Å². The first kappa shape index (κ1) is 18.7. The van der Waals surface area contributed by atoms with Crippen LogP contribution in [0.3, 0.4) is 0 Å². The van der Waals surface area contributed by atoms with Crippen LogP contribution in [0.2, 0.25) is 0 Å². The van der Waals surface area contributed by atoms with Crippen molar-refractivity contribution in [1.29, 1.82) is 0 Å². The number of rotatable bonds is 5. The number of hydrogen-bond acceptors (Lipinski definition) is 2. The van der Waals surface area contributed by atoms with Crippen LogP contribution in [0.25, 0.3) is 0 Å². The third-order valence-corrected chi connectivity index (χ3v) is 6.78. The summed E-state index contributed by atoms with van der Waals surface area (Å²) in [5.74, 6) is 0.548. The Morgan fingerprint density at radius 1 is 0.862 bits per heavy atom. The monoisotopic (exact) mass is 390 g/mol. The van der Waals surface area contributed by atoms with Gasteiger partial charge in [0.1, 0.15) is 19.6 Å². The van der Waals surface area contributed by atoms with E-state index in [0.29, 0.717) is 5.92 Å². The van der Waals surface area contributed by atoms with Gasteiger partial charge >= 0.3 is 0 Å². The van der Waals surface area contributed by atoms with Gasteiger partial charge in [-0.15, -0.1) is 0 Å². The highest BCUT2D eigenvalue weighted by molar-refractivity contribution is 6.05. The third kappa shape index (κ3) is 3.66. The number of nitrogens with one attached hydrogen (secondary N) is 3. The van der Waals surface area contributed by atoms with E-state index in [1.54, 1.807) is 14.7 Å². The fraction of sp³-hybridized carbons (Fsp3) is 0.417. The van der Waals surface area contributed by atoms with Crippen LogP contribution < -0.4 is 14.7 Å². The zero-order chi connectivity index (χ0) is 19.8. The Balaban J connectivity index is 1.47. The van der Waals surface area contributed by atoms with Crippen LogP contribution in [-0.2, 0) is 0 Å². The Bertz CT molecular complexity index is 879. The minimum Gasteiger partial charge on any atom is -0.241 e. The maximum absolute atomic E-state index is 4.88. The molecule has 0 unspecified atom stereocenters. The molecule has 4 bridgehead atoms. The number of benzene rings is 2. The largest absolute Gasteiger partial charge is 0.241 e. The number of quaternary nitrogens is 3. The van der Waals surface area contributed by atoms with E-state index in [0.717, 1.165) is 5.56 Å². The molecule has 4 aliphatic heterocycles. The second-order valence-corrected chi connectivity index (χ2v) is 9.47. The Morgan fingerprint density at radius 2 is 1.45 bits per heavy atom. The van der Waals surface area contributed by atoms with Crippen molar-refractivity contribution in [2.75, 3.05) is 39.6 Å². The van der Waals surface area contributed by atoms with E-state index < -0.39 is 0 Å². The molecule has 0 amide bonds. The summed E-state index contributed by atoms with van der Waals surface area (Å²) < 4.78 is 0. The molecule has 4 aliphatic rings. The summed E-state index contributed by atoms with van der Waals surface area (Å²) in [6.45, 7) is 11.8. The van der Waals surface area contributed by atoms with Crippen molar-refractivity contribution in [3.8, 4) is 0 Å². The molecule has 4 heterocycles. The lowest BCUT2D eigenvalue weighted by Gasteiger charge is -2.52.